The lowest BCUT2D eigenvalue weighted by atomic mass is 9.77. The molecule has 1 fully saturated rings. The van der Waals surface area contributed by atoms with E-state index >= 15 is 0 Å². The molecule has 1 aromatic carbocycles. The molecule has 0 aromatic heterocycles. The molecular formula is C25H39BNO3. The van der Waals surface area contributed by atoms with Gasteiger partial charge in [-0.15, -0.1) is 0 Å². The molecule has 165 valence electrons. The van der Waals surface area contributed by atoms with E-state index in [0.29, 0.717) is 5.75 Å². The number of nitrogens with zero attached hydrogens (tertiary/aromatic N) is 1. The van der Waals surface area contributed by atoms with E-state index in [1.165, 1.54) is 44.9 Å². The van der Waals surface area contributed by atoms with E-state index in [2.05, 4.69) is 38.1 Å². The Labute approximate surface area is 183 Å². The third kappa shape index (κ3) is 7.48. The molecule has 0 spiro atoms. The van der Waals surface area contributed by atoms with Gasteiger partial charge in [0.15, 0.2) is 6.61 Å². The summed E-state index contributed by atoms with van der Waals surface area (Å²) in [6.45, 7) is 8.50. The van der Waals surface area contributed by atoms with Crippen LogP contribution in [0.3, 0.4) is 0 Å². The number of hydrogen-bond acceptors (Lipinski definition) is 4. The van der Waals surface area contributed by atoms with Gasteiger partial charge in [-0.3, -0.25) is 0 Å². The molecule has 0 heterocycles. The molecule has 4 nitrogen and oxygen atoms in total. The maximum absolute atomic E-state index is 11.3. The van der Waals surface area contributed by atoms with Crippen LogP contribution in [0, 0.1) is 0 Å². The minimum absolute atomic E-state index is 0.00184. The van der Waals surface area contributed by atoms with Crippen molar-refractivity contribution in [3.63, 3.8) is 0 Å². The molecule has 30 heavy (non-hydrogen) atoms. The lowest BCUT2D eigenvalue weighted by Crippen LogP contribution is -2.18. The average Bonchev–Trinajstić information content (AvgIpc) is 2.73. The van der Waals surface area contributed by atoms with Crippen LogP contribution in [-0.2, 0) is 15.0 Å². The second-order valence-corrected chi connectivity index (χ2v) is 9.30. The summed E-state index contributed by atoms with van der Waals surface area (Å²) in [4.78, 5) is 16.5. The summed E-state index contributed by atoms with van der Waals surface area (Å²) in [5.74, 6) is 0.648. The second-order valence-electron chi connectivity index (χ2n) is 9.30. The van der Waals surface area contributed by atoms with Gasteiger partial charge in [0.1, 0.15) is 11.4 Å². The summed E-state index contributed by atoms with van der Waals surface area (Å²) in [6, 6.07) is 6.27. The van der Waals surface area contributed by atoms with E-state index in [9.17, 15) is 9.90 Å². The number of unbranched alkanes of at least 4 members (excludes halogenated alkanes) is 4. The van der Waals surface area contributed by atoms with E-state index in [1.807, 2.05) is 6.07 Å². The summed E-state index contributed by atoms with van der Waals surface area (Å²) < 4.78 is 0. The quantitative estimate of drug-likeness (QED) is 0.248. The van der Waals surface area contributed by atoms with E-state index in [0.717, 1.165) is 43.4 Å². The third-order valence-electron chi connectivity index (χ3n) is 6.38. The topological polar surface area (TPSA) is 58.9 Å². The van der Waals surface area contributed by atoms with Crippen LogP contribution in [0.5, 0.6) is 5.75 Å². The van der Waals surface area contributed by atoms with Gasteiger partial charge in [-0.1, -0.05) is 77.0 Å². The van der Waals surface area contributed by atoms with E-state index in [4.69, 9.17) is 4.84 Å². The molecule has 1 unspecified atom stereocenters. The SMILES string of the molecule is C[B]C(=O)CO/N=C1/CCCC(c2ccc(C(C)(C)CCCCCCC)cc2O)C1. The fourth-order valence-electron chi connectivity index (χ4n) is 4.28. The zero-order chi connectivity index (χ0) is 22.0. The largest absolute Gasteiger partial charge is 0.508 e. The average molecular weight is 412 g/mol. The Morgan fingerprint density at radius 1 is 1.27 bits per heavy atom. The molecule has 2 rings (SSSR count). The van der Waals surface area contributed by atoms with Gasteiger partial charge in [0.25, 0.3) is 0 Å². The first-order valence-corrected chi connectivity index (χ1v) is 11.7. The molecule has 0 bridgehead atoms. The van der Waals surface area contributed by atoms with Crippen LogP contribution in [-0.4, -0.2) is 30.4 Å². The number of carbonyl (C=O) groups is 1. The number of carbonyl (C=O) groups excluding carboxylic acids is 1. The Morgan fingerprint density at radius 2 is 2.03 bits per heavy atom. The fourth-order valence-corrected chi connectivity index (χ4v) is 4.28. The minimum atomic E-state index is -0.0621. The first-order chi connectivity index (χ1) is 14.4. The Kier molecular flexibility index (Phi) is 9.94. The predicted molar refractivity (Wildman–Crippen MR) is 126 cm³/mol. The lowest BCUT2D eigenvalue weighted by molar-refractivity contribution is -0.116. The van der Waals surface area contributed by atoms with Crippen LogP contribution in [0.2, 0.25) is 6.82 Å². The molecule has 1 saturated carbocycles. The molecule has 1 aliphatic carbocycles. The molecule has 0 saturated heterocycles. The van der Waals surface area contributed by atoms with Gasteiger partial charge in [0, 0.05) is 0 Å². The van der Waals surface area contributed by atoms with Crippen LogP contribution < -0.4 is 0 Å². The first-order valence-electron chi connectivity index (χ1n) is 11.7. The maximum Gasteiger partial charge on any atom is 0.204 e. The molecule has 0 aliphatic heterocycles. The van der Waals surface area contributed by atoms with E-state index in [1.54, 1.807) is 6.82 Å². The Morgan fingerprint density at radius 3 is 2.73 bits per heavy atom. The van der Waals surface area contributed by atoms with Gasteiger partial charge in [0.2, 0.25) is 7.28 Å². The van der Waals surface area contributed by atoms with Crippen LogP contribution >= 0.6 is 0 Å². The fraction of sp³-hybridized carbons (Fsp3) is 0.680. The van der Waals surface area contributed by atoms with Crippen molar-refractivity contribution in [2.45, 2.75) is 103 Å². The molecular weight excluding hydrogens is 373 g/mol. The number of hydrogen-bond donors (Lipinski definition) is 1. The van der Waals surface area contributed by atoms with Crippen LogP contribution in [0.4, 0.5) is 0 Å². The van der Waals surface area contributed by atoms with Crippen molar-refractivity contribution in [2.75, 3.05) is 6.61 Å². The van der Waals surface area contributed by atoms with E-state index < -0.39 is 0 Å². The number of aromatic hydroxyl groups is 1. The molecule has 1 N–H and O–H groups in total. The van der Waals surface area contributed by atoms with Crippen molar-refractivity contribution in [1.29, 1.82) is 0 Å². The second kappa shape index (κ2) is 12.2. The normalized spacial score (nSPS) is 18.4. The third-order valence-corrected chi connectivity index (χ3v) is 6.38. The number of phenols is 1. The van der Waals surface area contributed by atoms with Gasteiger partial charge in [-0.25, -0.2) is 0 Å². The molecule has 1 radical (unpaired) electrons. The van der Waals surface area contributed by atoms with Crippen molar-refractivity contribution < 1.29 is 14.7 Å². The number of phenolic OH excluding ortho intramolecular Hbond substituents is 1. The first kappa shape index (κ1) is 24.5. The zero-order valence-corrected chi connectivity index (χ0v) is 19.4. The van der Waals surface area contributed by atoms with Crippen molar-refractivity contribution in [2.24, 2.45) is 5.16 Å². The van der Waals surface area contributed by atoms with Crippen LogP contribution in [0.1, 0.15) is 102 Å². The smallest absolute Gasteiger partial charge is 0.204 e. The van der Waals surface area contributed by atoms with Crippen molar-refractivity contribution in [3.05, 3.63) is 29.3 Å². The van der Waals surface area contributed by atoms with Gasteiger partial charge in [-0.2, -0.15) is 0 Å². The Balaban J connectivity index is 1.98. The van der Waals surface area contributed by atoms with Crippen molar-refractivity contribution in [1.82, 2.24) is 0 Å². The molecule has 1 aromatic rings. The van der Waals surface area contributed by atoms with Gasteiger partial charge < -0.3 is 14.7 Å². The van der Waals surface area contributed by atoms with Gasteiger partial charge in [0.05, 0.1) is 5.71 Å². The number of oxime groups is 1. The Bertz CT molecular complexity index is 714. The highest BCUT2D eigenvalue weighted by molar-refractivity contribution is 6.73. The van der Waals surface area contributed by atoms with Crippen LogP contribution in [0.15, 0.2) is 23.4 Å². The summed E-state index contributed by atoms with van der Waals surface area (Å²) in [5.41, 5.74) is 3.20. The molecule has 5 heteroatoms. The summed E-state index contributed by atoms with van der Waals surface area (Å²) in [5, 5.41) is 15.0. The molecule has 1 aliphatic rings. The van der Waals surface area contributed by atoms with Crippen molar-refractivity contribution >= 4 is 18.7 Å². The zero-order valence-electron chi connectivity index (χ0n) is 19.4. The predicted octanol–water partition coefficient (Wildman–Crippen LogP) is 6.34. The van der Waals surface area contributed by atoms with Gasteiger partial charge >= 0.3 is 0 Å². The minimum Gasteiger partial charge on any atom is -0.508 e. The summed E-state index contributed by atoms with van der Waals surface area (Å²) >= 11 is 0. The number of rotatable bonds is 12. The molecule has 0 amide bonds. The van der Waals surface area contributed by atoms with Crippen LogP contribution in [0.25, 0.3) is 0 Å². The highest BCUT2D eigenvalue weighted by atomic mass is 16.6. The standard InChI is InChI=1S/C25H39BNO3/c1-5-6-7-8-9-15-25(2,3)20-13-14-22(23(28)17-20)19-11-10-12-21(16-19)27-30-18-24(29)26-4/h13-14,17,19,28H,5-12,15-16,18H2,1-4H3/b27-21-. The van der Waals surface area contributed by atoms with E-state index in [-0.39, 0.29) is 23.6 Å². The summed E-state index contributed by atoms with van der Waals surface area (Å²) in [6.07, 6.45) is 11.3. The Hall–Kier alpha value is -1.78. The summed E-state index contributed by atoms with van der Waals surface area (Å²) in [7, 11) is 1.50. The number of benzene rings is 1. The highest BCUT2D eigenvalue weighted by Crippen LogP contribution is 2.39. The molecule has 1 atom stereocenters. The monoisotopic (exact) mass is 412 g/mol. The highest BCUT2D eigenvalue weighted by Gasteiger charge is 2.25. The van der Waals surface area contributed by atoms with Gasteiger partial charge in [-0.05, 0) is 60.6 Å². The lowest BCUT2D eigenvalue weighted by Gasteiger charge is -2.28. The van der Waals surface area contributed by atoms with Crippen molar-refractivity contribution in [3.8, 4) is 5.75 Å². The maximum atomic E-state index is 11.3.